The summed E-state index contributed by atoms with van der Waals surface area (Å²) in [5.41, 5.74) is -2.28. The average Bonchev–Trinajstić information content (AvgIpc) is 2.67. The maximum atomic E-state index is 11.3. The number of aliphatic hydroxyl groups is 7. The molecule has 2 aliphatic carbocycles. The molecule has 1 aliphatic heterocycles. The van der Waals surface area contributed by atoms with Crippen LogP contribution in [0.4, 0.5) is 0 Å². The highest BCUT2D eigenvalue weighted by Crippen LogP contribution is 2.57. The number of aliphatic hydroxyl groups excluding tert-OH is 6. The Morgan fingerprint density at radius 3 is 2.20 bits per heavy atom. The molecular weight excluding hydrogens is 396 g/mol. The van der Waals surface area contributed by atoms with Crippen molar-refractivity contribution < 1.29 is 45.2 Å². The van der Waals surface area contributed by atoms with Crippen LogP contribution in [0.3, 0.4) is 0 Å². The third-order valence-electron chi connectivity index (χ3n) is 7.94. The fraction of sp³-hybridized carbons (Fsp3) is 1.00. The molecule has 9 heteroatoms. The van der Waals surface area contributed by atoms with Crippen LogP contribution in [-0.4, -0.2) is 97.0 Å². The molecule has 1 heterocycles. The van der Waals surface area contributed by atoms with Crippen molar-refractivity contribution in [1.29, 1.82) is 0 Å². The van der Waals surface area contributed by atoms with Gasteiger partial charge in [-0.15, -0.1) is 0 Å². The van der Waals surface area contributed by atoms with Crippen LogP contribution in [0.5, 0.6) is 0 Å². The molecule has 1 saturated heterocycles. The van der Waals surface area contributed by atoms with Crippen LogP contribution in [0.1, 0.15) is 47.0 Å². The molecule has 2 saturated carbocycles. The van der Waals surface area contributed by atoms with Gasteiger partial charge in [0.15, 0.2) is 6.29 Å². The molecule has 0 bridgehead atoms. The highest BCUT2D eigenvalue weighted by atomic mass is 16.7. The van der Waals surface area contributed by atoms with E-state index >= 15 is 0 Å². The highest BCUT2D eigenvalue weighted by molar-refractivity contribution is 5.13. The van der Waals surface area contributed by atoms with Gasteiger partial charge < -0.3 is 45.2 Å². The van der Waals surface area contributed by atoms with Gasteiger partial charge in [0.2, 0.25) is 0 Å². The van der Waals surface area contributed by atoms with E-state index in [9.17, 15) is 35.7 Å². The van der Waals surface area contributed by atoms with E-state index in [-0.39, 0.29) is 11.8 Å². The Morgan fingerprint density at radius 1 is 1.00 bits per heavy atom. The van der Waals surface area contributed by atoms with Gasteiger partial charge in [-0.2, -0.15) is 0 Å². The van der Waals surface area contributed by atoms with E-state index in [4.69, 9.17) is 9.47 Å². The molecule has 12 atom stereocenters. The Labute approximate surface area is 177 Å². The van der Waals surface area contributed by atoms with Crippen molar-refractivity contribution in [1.82, 2.24) is 0 Å². The van der Waals surface area contributed by atoms with E-state index in [1.807, 2.05) is 13.8 Å². The maximum Gasteiger partial charge on any atom is 0.186 e. The zero-order chi connectivity index (χ0) is 22.6. The first kappa shape index (κ1) is 24.3. The SMILES string of the molecule is CC(C)[C@@H]1C[C@H](O)[C@]2(C)[C@@H](O)CC[C@](C)(O)[C@H]2[C@@H]1O[C@@H]1O[C@H](CO)[C@@H](O)[C@H](O)[C@H]1O. The lowest BCUT2D eigenvalue weighted by Crippen LogP contribution is -2.69. The van der Waals surface area contributed by atoms with Gasteiger partial charge in [0, 0.05) is 11.3 Å². The van der Waals surface area contributed by atoms with Crippen molar-refractivity contribution in [3.63, 3.8) is 0 Å². The fourth-order valence-electron chi connectivity index (χ4n) is 5.97. The predicted molar refractivity (Wildman–Crippen MR) is 105 cm³/mol. The molecule has 3 fully saturated rings. The molecule has 0 aromatic carbocycles. The molecule has 0 radical (unpaired) electrons. The minimum atomic E-state index is -1.57. The summed E-state index contributed by atoms with van der Waals surface area (Å²) in [7, 11) is 0. The van der Waals surface area contributed by atoms with Crippen LogP contribution < -0.4 is 0 Å². The van der Waals surface area contributed by atoms with E-state index in [1.54, 1.807) is 13.8 Å². The third-order valence-corrected chi connectivity index (χ3v) is 7.94. The van der Waals surface area contributed by atoms with Crippen molar-refractivity contribution >= 4 is 0 Å². The van der Waals surface area contributed by atoms with Crippen molar-refractivity contribution in [3.8, 4) is 0 Å². The average molecular weight is 435 g/mol. The minimum absolute atomic E-state index is 0.0500. The van der Waals surface area contributed by atoms with Gasteiger partial charge in [-0.1, -0.05) is 20.8 Å². The summed E-state index contributed by atoms with van der Waals surface area (Å²) >= 11 is 0. The maximum absolute atomic E-state index is 11.3. The van der Waals surface area contributed by atoms with Gasteiger partial charge in [0.1, 0.15) is 24.4 Å². The Hall–Kier alpha value is -0.360. The third kappa shape index (κ3) is 3.82. The Bertz CT molecular complexity index is 597. The highest BCUT2D eigenvalue weighted by Gasteiger charge is 2.64. The van der Waals surface area contributed by atoms with Gasteiger partial charge in [0.05, 0.1) is 30.5 Å². The van der Waals surface area contributed by atoms with Gasteiger partial charge in [-0.3, -0.25) is 0 Å². The lowest BCUT2D eigenvalue weighted by molar-refractivity contribution is -0.345. The summed E-state index contributed by atoms with van der Waals surface area (Å²) in [5, 5.41) is 73.2. The second kappa shape index (κ2) is 8.53. The molecular formula is C21H38O9. The van der Waals surface area contributed by atoms with E-state index in [2.05, 4.69) is 0 Å². The van der Waals surface area contributed by atoms with Crippen molar-refractivity contribution in [2.24, 2.45) is 23.2 Å². The van der Waals surface area contributed by atoms with Crippen LogP contribution >= 0.6 is 0 Å². The Morgan fingerprint density at radius 2 is 1.63 bits per heavy atom. The van der Waals surface area contributed by atoms with E-state index in [0.717, 1.165) is 0 Å². The van der Waals surface area contributed by atoms with Crippen LogP contribution in [0.25, 0.3) is 0 Å². The second-order valence-corrected chi connectivity index (χ2v) is 10.2. The lowest BCUT2D eigenvalue weighted by atomic mass is 9.49. The minimum Gasteiger partial charge on any atom is -0.394 e. The molecule has 0 amide bonds. The largest absolute Gasteiger partial charge is 0.394 e. The topological polar surface area (TPSA) is 160 Å². The van der Waals surface area contributed by atoms with E-state index in [0.29, 0.717) is 19.3 Å². The van der Waals surface area contributed by atoms with E-state index in [1.165, 1.54) is 0 Å². The molecule has 0 aromatic rings. The molecule has 176 valence electrons. The summed E-state index contributed by atoms with van der Waals surface area (Å²) in [5.74, 6) is -0.839. The van der Waals surface area contributed by atoms with Crippen LogP contribution in [0, 0.1) is 23.2 Å². The lowest BCUT2D eigenvalue weighted by Gasteiger charge is -2.62. The summed E-state index contributed by atoms with van der Waals surface area (Å²) < 4.78 is 11.8. The zero-order valence-corrected chi connectivity index (χ0v) is 18.1. The number of hydrogen-bond donors (Lipinski definition) is 7. The molecule has 0 spiro atoms. The summed E-state index contributed by atoms with van der Waals surface area (Å²) in [4.78, 5) is 0. The second-order valence-electron chi connectivity index (χ2n) is 10.2. The standard InChI is InChI=1S/C21H38O9/c1-9(2)10-7-13(24)21(4)12(23)5-6-20(3,28)18(21)17(10)30-19-16(27)15(26)14(25)11(8-22)29-19/h9-19,22-28H,5-8H2,1-4H3/t10-,11+,12-,13-,14+,15-,16+,17+,18+,19-,20-,21-/m0/s1. The number of fused-ring (bicyclic) bond motifs is 1. The molecule has 7 N–H and O–H groups in total. The summed E-state index contributed by atoms with van der Waals surface area (Å²) in [6.45, 7) is 6.79. The molecule has 9 nitrogen and oxygen atoms in total. The van der Waals surface area contributed by atoms with Crippen LogP contribution in [0.15, 0.2) is 0 Å². The molecule has 3 rings (SSSR count). The van der Waals surface area contributed by atoms with Crippen LogP contribution in [-0.2, 0) is 9.47 Å². The smallest absolute Gasteiger partial charge is 0.186 e. The van der Waals surface area contributed by atoms with Crippen molar-refractivity contribution in [2.45, 2.75) is 102 Å². The van der Waals surface area contributed by atoms with Gasteiger partial charge in [0.25, 0.3) is 0 Å². The first-order chi connectivity index (χ1) is 13.9. The quantitative estimate of drug-likeness (QED) is 0.286. The molecule has 0 unspecified atom stereocenters. The molecule has 30 heavy (non-hydrogen) atoms. The number of hydrogen-bond acceptors (Lipinski definition) is 9. The first-order valence-electron chi connectivity index (χ1n) is 10.9. The zero-order valence-electron chi connectivity index (χ0n) is 18.1. The van der Waals surface area contributed by atoms with Crippen LogP contribution in [0.2, 0.25) is 0 Å². The predicted octanol–water partition coefficient (Wildman–Crippen LogP) is -1.26. The monoisotopic (exact) mass is 434 g/mol. The van der Waals surface area contributed by atoms with Gasteiger partial charge in [-0.25, -0.2) is 0 Å². The van der Waals surface area contributed by atoms with E-state index < -0.39 is 72.6 Å². The van der Waals surface area contributed by atoms with Crippen molar-refractivity contribution in [3.05, 3.63) is 0 Å². The summed E-state index contributed by atoms with van der Waals surface area (Å²) in [6.07, 6.45) is -8.49. The Kier molecular flexibility index (Phi) is 6.91. The van der Waals surface area contributed by atoms with Gasteiger partial charge in [-0.05, 0) is 38.0 Å². The number of ether oxygens (including phenoxy) is 2. The first-order valence-corrected chi connectivity index (χ1v) is 10.9. The number of rotatable bonds is 4. The normalized spacial score (nSPS) is 54.8. The van der Waals surface area contributed by atoms with Gasteiger partial charge >= 0.3 is 0 Å². The van der Waals surface area contributed by atoms with Crippen molar-refractivity contribution in [2.75, 3.05) is 6.61 Å². The fourth-order valence-corrected chi connectivity index (χ4v) is 5.97. The summed E-state index contributed by atoms with van der Waals surface area (Å²) in [6, 6.07) is 0. The Balaban J connectivity index is 1.98. The molecule has 3 aliphatic rings. The molecule has 0 aromatic heterocycles.